The highest BCUT2D eigenvalue weighted by molar-refractivity contribution is 7.98. The van der Waals surface area contributed by atoms with Crippen LogP contribution in [0.2, 0.25) is 0 Å². The van der Waals surface area contributed by atoms with Gasteiger partial charge < -0.3 is 4.98 Å². The average molecular weight is 303 g/mol. The maximum absolute atomic E-state index is 11.5. The molecule has 0 fully saturated rings. The zero-order valence-electron chi connectivity index (χ0n) is 11.2. The topological polar surface area (TPSA) is 88.9 Å². The van der Waals surface area contributed by atoms with Gasteiger partial charge in [-0.25, -0.2) is 4.79 Å². The Morgan fingerprint density at radius 3 is 2.76 bits per heavy atom. The van der Waals surface area contributed by atoms with Gasteiger partial charge >= 0.3 is 5.69 Å². The summed E-state index contributed by atoms with van der Waals surface area (Å²) in [5.74, 6) is 0.640. The predicted octanol–water partition coefficient (Wildman–Crippen LogP) is 2.46. The summed E-state index contributed by atoms with van der Waals surface area (Å²) in [4.78, 5) is 28.6. The summed E-state index contributed by atoms with van der Waals surface area (Å²) in [5, 5.41) is 11.4. The molecule has 0 spiro atoms. The third kappa shape index (κ3) is 2.97. The van der Waals surface area contributed by atoms with Crippen LogP contribution in [0.3, 0.4) is 0 Å². The molecule has 1 aromatic heterocycles. The standard InChI is InChI=1S/C14H13N3O3S/c18-14-15-12-3-1-2-11(12)13(16-14)21-8-9-4-6-10(7-5-9)17(19)20/h4-7H,1-3,8H2,(H,15,16,18). The molecular weight excluding hydrogens is 290 g/mol. The molecule has 3 rings (SSSR count). The van der Waals surface area contributed by atoms with Gasteiger partial charge in [0.15, 0.2) is 0 Å². The molecule has 0 saturated heterocycles. The Bertz CT molecular complexity index is 740. The molecule has 6 nitrogen and oxygen atoms in total. The number of nitro groups is 1. The first-order valence-corrected chi connectivity index (χ1v) is 7.60. The van der Waals surface area contributed by atoms with E-state index < -0.39 is 4.92 Å². The molecule has 1 aliphatic carbocycles. The number of hydrogen-bond donors (Lipinski definition) is 1. The summed E-state index contributed by atoms with van der Waals surface area (Å²) in [6.07, 6.45) is 2.89. The second kappa shape index (κ2) is 5.69. The number of nitrogens with zero attached hydrogens (tertiary/aromatic N) is 2. The van der Waals surface area contributed by atoms with E-state index in [1.807, 2.05) is 0 Å². The molecule has 1 heterocycles. The number of aryl methyl sites for hydroxylation is 1. The van der Waals surface area contributed by atoms with E-state index in [0.29, 0.717) is 5.75 Å². The highest BCUT2D eigenvalue weighted by Crippen LogP contribution is 2.30. The van der Waals surface area contributed by atoms with Crippen LogP contribution in [0, 0.1) is 10.1 Å². The molecule has 0 aliphatic heterocycles. The van der Waals surface area contributed by atoms with Crippen molar-refractivity contribution in [2.24, 2.45) is 0 Å². The van der Waals surface area contributed by atoms with Crippen molar-refractivity contribution in [2.45, 2.75) is 30.0 Å². The van der Waals surface area contributed by atoms with E-state index in [2.05, 4.69) is 9.97 Å². The molecule has 0 radical (unpaired) electrons. The summed E-state index contributed by atoms with van der Waals surface area (Å²) in [5.41, 5.74) is 2.89. The van der Waals surface area contributed by atoms with Crippen LogP contribution >= 0.6 is 11.8 Å². The Hall–Kier alpha value is -2.15. The van der Waals surface area contributed by atoms with Crippen LogP contribution < -0.4 is 5.69 Å². The minimum Gasteiger partial charge on any atom is -0.309 e. The van der Waals surface area contributed by atoms with Gasteiger partial charge in [0.25, 0.3) is 5.69 Å². The third-order valence-electron chi connectivity index (χ3n) is 3.46. The number of benzene rings is 1. The number of aromatic amines is 1. The fourth-order valence-corrected chi connectivity index (χ4v) is 3.46. The van der Waals surface area contributed by atoms with Crippen molar-refractivity contribution >= 4 is 17.4 Å². The first-order chi connectivity index (χ1) is 10.1. The van der Waals surface area contributed by atoms with Crippen molar-refractivity contribution in [3.05, 3.63) is 61.7 Å². The highest BCUT2D eigenvalue weighted by atomic mass is 32.2. The van der Waals surface area contributed by atoms with Gasteiger partial charge in [-0.3, -0.25) is 10.1 Å². The lowest BCUT2D eigenvalue weighted by atomic mass is 10.2. The van der Waals surface area contributed by atoms with Gasteiger partial charge in [-0.05, 0) is 24.8 Å². The maximum Gasteiger partial charge on any atom is 0.346 e. The number of hydrogen-bond acceptors (Lipinski definition) is 5. The second-order valence-corrected chi connectivity index (χ2v) is 5.83. The number of thioether (sulfide) groups is 1. The molecule has 108 valence electrons. The molecule has 2 aromatic rings. The number of H-pyrrole nitrogens is 1. The molecule has 0 atom stereocenters. The number of nitrogens with one attached hydrogen (secondary N) is 1. The monoisotopic (exact) mass is 303 g/mol. The molecular formula is C14H13N3O3S. The van der Waals surface area contributed by atoms with E-state index in [1.54, 1.807) is 12.1 Å². The van der Waals surface area contributed by atoms with E-state index in [9.17, 15) is 14.9 Å². The van der Waals surface area contributed by atoms with Gasteiger partial charge in [0.05, 0.1) is 4.92 Å². The molecule has 7 heteroatoms. The van der Waals surface area contributed by atoms with Crippen molar-refractivity contribution in [2.75, 3.05) is 0 Å². The summed E-state index contributed by atoms with van der Waals surface area (Å²) < 4.78 is 0. The quantitative estimate of drug-likeness (QED) is 0.405. The normalized spacial score (nSPS) is 13.1. The molecule has 0 amide bonds. The number of aromatic nitrogens is 2. The summed E-state index contributed by atoms with van der Waals surface area (Å²) in [6.45, 7) is 0. The number of rotatable bonds is 4. The molecule has 0 saturated carbocycles. The SMILES string of the molecule is O=c1nc(SCc2ccc([N+](=O)[O-])cc2)c2c([nH]1)CCC2. The third-order valence-corrected chi connectivity index (χ3v) is 4.55. The molecule has 1 aliphatic rings. The summed E-state index contributed by atoms with van der Waals surface area (Å²) >= 11 is 1.51. The smallest absolute Gasteiger partial charge is 0.309 e. The van der Waals surface area contributed by atoms with Gasteiger partial charge in [-0.15, -0.1) is 11.8 Å². The van der Waals surface area contributed by atoms with Crippen LogP contribution in [0.4, 0.5) is 5.69 Å². The van der Waals surface area contributed by atoms with Crippen molar-refractivity contribution in [3.63, 3.8) is 0 Å². The Morgan fingerprint density at radius 2 is 2.05 bits per heavy atom. The number of non-ortho nitro benzene ring substituents is 1. The lowest BCUT2D eigenvalue weighted by molar-refractivity contribution is -0.384. The maximum atomic E-state index is 11.5. The fraction of sp³-hybridized carbons (Fsp3) is 0.286. The van der Waals surface area contributed by atoms with Crippen LogP contribution in [0.5, 0.6) is 0 Å². The van der Waals surface area contributed by atoms with Crippen molar-refractivity contribution in [1.82, 2.24) is 9.97 Å². The van der Waals surface area contributed by atoms with E-state index in [0.717, 1.165) is 41.1 Å². The zero-order chi connectivity index (χ0) is 14.8. The zero-order valence-corrected chi connectivity index (χ0v) is 12.0. The Labute approximate surface area is 124 Å². The van der Waals surface area contributed by atoms with Crippen LogP contribution in [0.25, 0.3) is 0 Å². The van der Waals surface area contributed by atoms with E-state index >= 15 is 0 Å². The molecule has 1 aromatic carbocycles. The van der Waals surface area contributed by atoms with Gasteiger partial charge in [0, 0.05) is 29.1 Å². The van der Waals surface area contributed by atoms with Gasteiger partial charge in [0.1, 0.15) is 5.03 Å². The molecule has 21 heavy (non-hydrogen) atoms. The minimum atomic E-state index is -0.415. The van der Waals surface area contributed by atoms with Crippen LogP contribution in [0.1, 0.15) is 23.2 Å². The number of nitro benzene ring substituents is 1. The second-order valence-electron chi connectivity index (χ2n) is 4.87. The Morgan fingerprint density at radius 1 is 1.29 bits per heavy atom. The average Bonchev–Trinajstić information content (AvgIpc) is 2.93. The number of fused-ring (bicyclic) bond motifs is 1. The highest BCUT2D eigenvalue weighted by Gasteiger charge is 2.18. The van der Waals surface area contributed by atoms with Crippen LogP contribution in [-0.2, 0) is 18.6 Å². The van der Waals surface area contributed by atoms with Crippen molar-refractivity contribution < 1.29 is 4.92 Å². The van der Waals surface area contributed by atoms with Crippen LogP contribution in [0.15, 0.2) is 34.1 Å². The summed E-state index contributed by atoms with van der Waals surface area (Å²) in [7, 11) is 0. The minimum absolute atomic E-state index is 0.0823. The summed E-state index contributed by atoms with van der Waals surface area (Å²) in [6, 6.07) is 6.45. The predicted molar refractivity (Wildman–Crippen MR) is 79.5 cm³/mol. The molecule has 1 N–H and O–H groups in total. The molecule has 0 bridgehead atoms. The van der Waals surface area contributed by atoms with Crippen molar-refractivity contribution in [3.8, 4) is 0 Å². The fourth-order valence-electron chi connectivity index (χ4n) is 2.42. The Balaban J connectivity index is 1.76. The van der Waals surface area contributed by atoms with Gasteiger partial charge in [-0.2, -0.15) is 4.98 Å². The van der Waals surface area contributed by atoms with E-state index in [1.165, 1.54) is 23.9 Å². The largest absolute Gasteiger partial charge is 0.346 e. The van der Waals surface area contributed by atoms with Crippen LogP contribution in [-0.4, -0.2) is 14.9 Å². The van der Waals surface area contributed by atoms with Gasteiger partial charge in [0.2, 0.25) is 0 Å². The Kier molecular flexibility index (Phi) is 3.74. The first-order valence-electron chi connectivity index (χ1n) is 6.61. The lowest BCUT2D eigenvalue weighted by Crippen LogP contribution is -2.14. The molecule has 0 unspecified atom stereocenters. The van der Waals surface area contributed by atoms with E-state index in [4.69, 9.17) is 0 Å². The van der Waals surface area contributed by atoms with Gasteiger partial charge in [-0.1, -0.05) is 12.1 Å². The lowest BCUT2D eigenvalue weighted by Gasteiger charge is -2.06. The first kappa shape index (κ1) is 13.8. The van der Waals surface area contributed by atoms with E-state index in [-0.39, 0.29) is 11.4 Å². The van der Waals surface area contributed by atoms with Crippen molar-refractivity contribution in [1.29, 1.82) is 0 Å².